The van der Waals surface area contributed by atoms with Gasteiger partial charge in [0.15, 0.2) is 0 Å². The van der Waals surface area contributed by atoms with Gasteiger partial charge in [-0.3, -0.25) is 0 Å². The quantitative estimate of drug-likeness (QED) is 0.772. The van der Waals surface area contributed by atoms with Crippen LogP contribution in [0.25, 0.3) is 21.9 Å². The number of pyridine rings is 2. The van der Waals surface area contributed by atoms with E-state index in [2.05, 4.69) is 26.3 Å². The number of hydrogen-bond donors (Lipinski definition) is 2. The Bertz CT molecular complexity index is 873. The molecule has 0 unspecified atom stereocenters. The van der Waals surface area contributed by atoms with E-state index in [1.807, 2.05) is 6.07 Å². The molecule has 6 nitrogen and oxygen atoms in total. The van der Waals surface area contributed by atoms with E-state index in [9.17, 15) is 0 Å². The lowest BCUT2D eigenvalue weighted by Crippen LogP contribution is -2.28. The second-order valence-electron chi connectivity index (χ2n) is 5.49. The summed E-state index contributed by atoms with van der Waals surface area (Å²) in [4.78, 5) is 11.7. The fraction of sp³-hybridized carbons (Fsp3) is 0.312. The minimum Gasteiger partial charge on any atom is -0.491 e. The maximum Gasteiger partial charge on any atom is 0.142 e. The highest BCUT2D eigenvalue weighted by Crippen LogP contribution is 2.32. The molecule has 0 spiro atoms. The monoisotopic (exact) mass is 293 g/mol. The molecule has 1 fully saturated rings. The third-order valence-corrected chi connectivity index (χ3v) is 4.06. The average molecular weight is 293 g/mol. The molecule has 2 N–H and O–H groups in total. The highest BCUT2D eigenvalue weighted by atomic mass is 16.5. The summed E-state index contributed by atoms with van der Waals surface area (Å²) >= 11 is 0. The van der Waals surface area contributed by atoms with Crippen LogP contribution in [0.4, 0.5) is 0 Å². The predicted molar refractivity (Wildman–Crippen MR) is 82.6 cm³/mol. The molecule has 4 rings (SSSR count). The van der Waals surface area contributed by atoms with Crippen molar-refractivity contribution in [2.24, 2.45) is 0 Å². The van der Waals surface area contributed by atoms with Crippen LogP contribution >= 0.6 is 0 Å². The second-order valence-corrected chi connectivity index (χ2v) is 5.49. The van der Waals surface area contributed by atoms with Crippen molar-refractivity contribution in [2.45, 2.75) is 18.9 Å². The predicted octanol–water partition coefficient (Wildman–Crippen LogP) is 2.11. The number of aromatic nitrogens is 3. The Hall–Kier alpha value is -2.65. The van der Waals surface area contributed by atoms with E-state index in [1.165, 1.54) is 6.42 Å². The van der Waals surface area contributed by atoms with Crippen molar-refractivity contribution in [1.82, 2.24) is 20.3 Å². The van der Waals surface area contributed by atoms with Crippen LogP contribution in [0, 0.1) is 11.3 Å². The van der Waals surface area contributed by atoms with Gasteiger partial charge in [0.2, 0.25) is 0 Å². The van der Waals surface area contributed by atoms with Crippen molar-refractivity contribution in [3.8, 4) is 11.8 Å². The summed E-state index contributed by atoms with van der Waals surface area (Å²) in [7, 11) is 0. The Morgan fingerprint density at radius 1 is 1.41 bits per heavy atom. The minimum absolute atomic E-state index is 0.390. The minimum atomic E-state index is 0.390. The normalized spacial score (nSPS) is 17.9. The van der Waals surface area contributed by atoms with Gasteiger partial charge in [0.05, 0.1) is 17.1 Å². The topological polar surface area (TPSA) is 86.6 Å². The zero-order valence-electron chi connectivity index (χ0n) is 12.0. The molecule has 110 valence electrons. The van der Waals surface area contributed by atoms with Gasteiger partial charge in [0, 0.05) is 17.6 Å². The molecule has 1 aliphatic heterocycles. The van der Waals surface area contributed by atoms with Gasteiger partial charge in [-0.15, -0.1) is 0 Å². The maximum atomic E-state index is 9.05. The first-order valence-electron chi connectivity index (χ1n) is 7.38. The van der Waals surface area contributed by atoms with E-state index < -0.39 is 0 Å². The van der Waals surface area contributed by atoms with Crippen LogP contribution in [0.1, 0.15) is 18.5 Å². The van der Waals surface area contributed by atoms with E-state index in [0.717, 1.165) is 40.7 Å². The van der Waals surface area contributed by atoms with E-state index in [4.69, 9.17) is 10.00 Å². The van der Waals surface area contributed by atoms with Gasteiger partial charge in [-0.25, -0.2) is 9.97 Å². The Morgan fingerprint density at radius 3 is 3.18 bits per heavy atom. The Kier molecular flexibility index (Phi) is 3.13. The van der Waals surface area contributed by atoms with Crippen molar-refractivity contribution in [3.63, 3.8) is 0 Å². The maximum absolute atomic E-state index is 9.05. The Morgan fingerprint density at radius 2 is 2.36 bits per heavy atom. The summed E-state index contributed by atoms with van der Waals surface area (Å²) in [6, 6.07) is 6.13. The van der Waals surface area contributed by atoms with E-state index >= 15 is 0 Å². The number of hydrogen-bond acceptors (Lipinski definition) is 5. The van der Waals surface area contributed by atoms with E-state index in [-0.39, 0.29) is 0 Å². The summed E-state index contributed by atoms with van der Waals surface area (Å²) in [5, 5.41) is 14.3. The van der Waals surface area contributed by atoms with Crippen LogP contribution in [-0.4, -0.2) is 34.1 Å². The summed E-state index contributed by atoms with van der Waals surface area (Å²) in [6.07, 6.45) is 5.74. The number of ether oxygens (including phenoxy) is 1. The van der Waals surface area contributed by atoms with Crippen LogP contribution in [0.3, 0.4) is 0 Å². The van der Waals surface area contributed by atoms with E-state index in [0.29, 0.717) is 18.3 Å². The largest absolute Gasteiger partial charge is 0.491 e. The molecule has 22 heavy (non-hydrogen) atoms. The first kappa shape index (κ1) is 13.0. The van der Waals surface area contributed by atoms with Gasteiger partial charge >= 0.3 is 0 Å². The number of nitrogens with one attached hydrogen (secondary N) is 2. The summed E-state index contributed by atoms with van der Waals surface area (Å²) in [5.41, 5.74) is 2.00. The summed E-state index contributed by atoms with van der Waals surface area (Å²) < 4.78 is 6.02. The molecule has 0 aliphatic carbocycles. The third-order valence-electron chi connectivity index (χ3n) is 4.06. The number of rotatable bonds is 3. The fourth-order valence-electron chi connectivity index (χ4n) is 2.96. The SMILES string of the molecule is N#Cc1cc2c(cn1)[nH]c1nccc(OC[C@H]3CCCN3)c12. The smallest absolute Gasteiger partial charge is 0.142 e. The molecular formula is C16H15N5O. The molecule has 1 atom stereocenters. The fourth-order valence-corrected chi connectivity index (χ4v) is 2.96. The van der Waals surface area contributed by atoms with Gasteiger partial charge in [-0.1, -0.05) is 0 Å². The molecule has 3 aromatic heterocycles. The van der Waals surface area contributed by atoms with Crippen LogP contribution < -0.4 is 10.1 Å². The second kappa shape index (κ2) is 5.28. The first-order valence-corrected chi connectivity index (χ1v) is 7.38. The van der Waals surface area contributed by atoms with Gasteiger partial charge in [0.25, 0.3) is 0 Å². The van der Waals surface area contributed by atoms with Crippen molar-refractivity contribution >= 4 is 21.9 Å². The van der Waals surface area contributed by atoms with Gasteiger partial charge in [-0.2, -0.15) is 5.26 Å². The lowest BCUT2D eigenvalue weighted by Gasteiger charge is -2.12. The van der Waals surface area contributed by atoms with Gasteiger partial charge in [0.1, 0.15) is 29.8 Å². The van der Waals surface area contributed by atoms with Gasteiger partial charge in [-0.05, 0) is 31.5 Å². The third kappa shape index (κ3) is 2.16. The molecule has 3 aromatic rings. The van der Waals surface area contributed by atoms with Crippen LogP contribution in [0.2, 0.25) is 0 Å². The number of nitriles is 1. The van der Waals surface area contributed by atoms with Crippen molar-refractivity contribution in [2.75, 3.05) is 13.2 Å². The highest BCUT2D eigenvalue weighted by Gasteiger charge is 2.17. The lowest BCUT2D eigenvalue weighted by atomic mass is 10.2. The lowest BCUT2D eigenvalue weighted by molar-refractivity contribution is 0.280. The van der Waals surface area contributed by atoms with E-state index in [1.54, 1.807) is 18.5 Å². The molecule has 0 bridgehead atoms. The molecule has 4 heterocycles. The molecule has 0 radical (unpaired) electrons. The molecule has 1 saturated heterocycles. The number of H-pyrrole nitrogens is 1. The zero-order chi connectivity index (χ0) is 14.9. The average Bonchev–Trinajstić information content (AvgIpc) is 3.19. The Balaban J connectivity index is 1.78. The highest BCUT2D eigenvalue weighted by molar-refractivity contribution is 6.09. The number of fused-ring (bicyclic) bond motifs is 3. The van der Waals surface area contributed by atoms with Gasteiger partial charge < -0.3 is 15.0 Å². The standard InChI is InChI=1S/C16H15N5O/c17-7-11-6-12-13(8-20-11)21-16-15(12)14(3-5-19-16)22-9-10-2-1-4-18-10/h3,5-6,8,10,18H,1-2,4,9H2,(H,19,21)/t10-/m1/s1. The zero-order valence-corrected chi connectivity index (χ0v) is 12.0. The van der Waals surface area contributed by atoms with Crippen molar-refractivity contribution in [1.29, 1.82) is 5.26 Å². The molecule has 0 saturated carbocycles. The molecule has 1 aliphatic rings. The molecule has 6 heteroatoms. The summed E-state index contributed by atoms with van der Waals surface area (Å²) in [6.45, 7) is 1.70. The molecule has 0 amide bonds. The van der Waals surface area contributed by atoms with Crippen molar-refractivity contribution < 1.29 is 4.74 Å². The van der Waals surface area contributed by atoms with Crippen LogP contribution in [0.5, 0.6) is 5.75 Å². The number of aromatic amines is 1. The Labute approximate surface area is 127 Å². The van der Waals surface area contributed by atoms with Crippen LogP contribution in [0.15, 0.2) is 24.5 Å². The first-order chi connectivity index (χ1) is 10.8. The van der Waals surface area contributed by atoms with Crippen molar-refractivity contribution in [3.05, 3.63) is 30.2 Å². The molecular weight excluding hydrogens is 278 g/mol. The van der Waals surface area contributed by atoms with Crippen LogP contribution in [-0.2, 0) is 0 Å². The summed E-state index contributed by atoms with van der Waals surface area (Å²) in [5.74, 6) is 0.792. The molecule has 0 aromatic carbocycles. The number of nitrogens with zero attached hydrogens (tertiary/aromatic N) is 3.